The van der Waals surface area contributed by atoms with Crippen molar-refractivity contribution in [2.45, 2.75) is 24.9 Å². The van der Waals surface area contributed by atoms with Crippen LogP contribution in [0.15, 0.2) is 40.6 Å². The Kier molecular flexibility index (Phi) is 5.98. The Hall–Kier alpha value is -1.90. The largest absolute Gasteiger partial charge is 0.334 e. The van der Waals surface area contributed by atoms with Crippen molar-refractivity contribution in [3.63, 3.8) is 0 Å². The van der Waals surface area contributed by atoms with E-state index in [0.29, 0.717) is 12.1 Å². The van der Waals surface area contributed by atoms with Gasteiger partial charge in [-0.15, -0.1) is 11.3 Å². The van der Waals surface area contributed by atoms with Gasteiger partial charge in [-0.2, -0.15) is 0 Å². The lowest BCUT2D eigenvalue weighted by molar-refractivity contribution is 0.240. The van der Waals surface area contributed by atoms with Crippen LogP contribution in [0, 0.1) is 6.92 Å². The average molecular weight is 367 g/mol. The van der Waals surface area contributed by atoms with Crippen LogP contribution < -0.4 is 10.6 Å². The van der Waals surface area contributed by atoms with E-state index in [9.17, 15) is 13.2 Å². The molecule has 2 rings (SSSR count). The first kappa shape index (κ1) is 18.4. The second-order valence-electron chi connectivity index (χ2n) is 5.46. The highest BCUT2D eigenvalue weighted by molar-refractivity contribution is 7.89. The monoisotopic (exact) mass is 367 g/mol. The molecule has 24 heavy (non-hydrogen) atoms. The van der Waals surface area contributed by atoms with E-state index in [-0.39, 0.29) is 17.5 Å². The van der Waals surface area contributed by atoms with Crippen molar-refractivity contribution in [3.8, 4) is 0 Å². The molecule has 0 saturated carbocycles. The number of thiophene rings is 1. The molecule has 6 nitrogen and oxygen atoms in total. The summed E-state index contributed by atoms with van der Waals surface area (Å²) in [4.78, 5) is 13.2. The number of hydrogen-bond acceptors (Lipinski definition) is 4. The van der Waals surface area contributed by atoms with E-state index in [1.807, 2.05) is 18.4 Å². The molecule has 0 saturated heterocycles. The van der Waals surface area contributed by atoms with Gasteiger partial charge in [0.1, 0.15) is 0 Å². The molecule has 0 atom stereocenters. The summed E-state index contributed by atoms with van der Waals surface area (Å²) in [5.41, 5.74) is 1.69. The third kappa shape index (κ3) is 4.34. The van der Waals surface area contributed by atoms with Gasteiger partial charge in [-0.25, -0.2) is 17.5 Å². The van der Waals surface area contributed by atoms with Crippen molar-refractivity contribution >= 4 is 27.4 Å². The number of urea groups is 1. The summed E-state index contributed by atoms with van der Waals surface area (Å²) in [6, 6.07) is 8.32. The molecular formula is C16H21N3O3S2. The van der Waals surface area contributed by atoms with Crippen LogP contribution in [0.2, 0.25) is 0 Å². The fourth-order valence-corrected chi connectivity index (χ4v) is 4.04. The highest BCUT2D eigenvalue weighted by atomic mass is 32.2. The lowest BCUT2D eigenvalue weighted by Gasteiger charge is -2.15. The van der Waals surface area contributed by atoms with E-state index in [1.54, 1.807) is 35.6 Å². The molecule has 1 aromatic heterocycles. The summed E-state index contributed by atoms with van der Waals surface area (Å²) < 4.78 is 25.8. The number of carbonyl (C=O) groups is 1. The summed E-state index contributed by atoms with van der Waals surface area (Å²) in [7, 11) is -0.582. The topological polar surface area (TPSA) is 78.5 Å². The minimum Gasteiger partial charge on any atom is -0.334 e. The van der Waals surface area contributed by atoms with Crippen LogP contribution in [0.25, 0.3) is 0 Å². The Labute approximate surface area is 146 Å². The van der Waals surface area contributed by atoms with E-state index in [2.05, 4.69) is 10.6 Å². The Morgan fingerprint density at radius 2 is 1.79 bits per heavy atom. The molecule has 0 unspecified atom stereocenters. The zero-order valence-electron chi connectivity index (χ0n) is 13.9. The maximum absolute atomic E-state index is 12.3. The van der Waals surface area contributed by atoms with Gasteiger partial charge in [0, 0.05) is 25.5 Å². The van der Waals surface area contributed by atoms with Gasteiger partial charge >= 0.3 is 6.03 Å². The van der Waals surface area contributed by atoms with E-state index in [4.69, 9.17) is 0 Å². The van der Waals surface area contributed by atoms with Crippen LogP contribution in [0.1, 0.15) is 16.0 Å². The Bertz CT molecular complexity index is 813. The molecule has 2 amide bonds. The molecule has 0 aliphatic heterocycles. The molecule has 1 heterocycles. The van der Waals surface area contributed by atoms with Crippen molar-refractivity contribution in [1.82, 2.24) is 14.9 Å². The number of rotatable bonds is 6. The predicted octanol–water partition coefficient (Wildman–Crippen LogP) is 2.31. The van der Waals surface area contributed by atoms with Crippen molar-refractivity contribution < 1.29 is 13.2 Å². The van der Waals surface area contributed by atoms with Crippen LogP contribution in [-0.4, -0.2) is 32.8 Å². The second kappa shape index (κ2) is 7.78. The minimum atomic E-state index is -3.55. The number of carbonyl (C=O) groups excluding carboxylic acids is 1. The quantitative estimate of drug-likeness (QED) is 0.822. The first-order chi connectivity index (χ1) is 11.3. The first-order valence-electron chi connectivity index (χ1n) is 7.37. The molecule has 2 N–H and O–H groups in total. The lowest BCUT2D eigenvalue weighted by Crippen LogP contribution is -2.35. The van der Waals surface area contributed by atoms with Gasteiger partial charge in [-0.3, -0.25) is 0 Å². The summed E-state index contributed by atoms with van der Waals surface area (Å²) in [5.74, 6) is 0. The van der Waals surface area contributed by atoms with Gasteiger partial charge in [0.25, 0.3) is 0 Å². The van der Waals surface area contributed by atoms with E-state index < -0.39 is 10.0 Å². The molecule has 2 aromatic rings. The van der Waals surface area contributed by atoms with Gasteiger partial charge in [-0.1, -0.05) is 18.2 Å². The number of aryl methyl sites for hydroxylation is 1. The van der Waals surface area contributed by atoms with Gasteiger partial charge in [-0.05, 0) is 35.6 Å². The zero-order chi connectivity index (χ0) is 17.7. The average Bonchev–Trinajstić information content (AvgIpc) is 2.96. The molecule has 0 radical (unpaired) electrons. The summed E-state index contributed by atoms with van der Waals surface area (Å²) in [6.07, 6.45) is 0. The molecule has 0 fully saturated rings. The Morgan fingerprint density at radius 1 is 1.12 bits per heavy atom. The number of amides is 2. The van der Waals surface area contributed by atoms with Crippen molar-refractivity contribution in [3.05, 3.63) is 51.7 Å². The highest BCUT2D eigenvalue weighted by Crippen LogP contribution is 2.18. The summed E-state index contributed by atoms with van der Waals surface area (Å²) in [5, 5.41) is 7.46. The molecule has 0 bridgehead atoms. The molecule has 1 aromatic carbocycles. The molecule has 0 aliphatic carbocycles. The third-order valence-electron chi connectivity index (χ3n) is 3.55. The normalized spacial score (nSPS) is 11.5. The first-order valence-corrected chi connectivity index (χ1v) is 9.69. The highest BCUT2D eigenvalue weighted by Gasteiger charge is 2.20. The maximum atomic E-state index is 12.3. The summed E-state index contributed by atoms with van der Waals surface area (Å²) >= 11 is 1.59. The SMILES string of the molecule is Cc1ccsc1CNC(=O)NCc1ccccc1S(=O)(=O)N(C)C. The number of nitrogens with zero attached hydrogens (tertiary/aromatic N) is 1. The Morgan fingerprint density at radius 3 is 2.42 bits per heavy atom. The molecule has 0 spiro atoms. The molecular weight excluding hydrogens is 346 g/mol. The van der Waals surface area contributed by atoms with Crippen molar-refractivity contribution in [1.29, 1.82) is 0 Å². The second-order valence-corrected chi connectivity index (χ2v) is 8.58. The van der Waals surface area contributed by atoms with Gasteiger partial charge in [0.2, 0.25) is 10.0 Å². The zero-order valence-corrected chi connectivity index (χ0v) is 15.5. The van der Waals surface area contributed by atoms with Crippen molar-refractivity contribution in [2.75, 3.05) is 14.1 Å². The van der Waals surface area contributed by atoms with E-state index >= 15 is 0 Å². The van der Waals surface area contributed by atoms with Crippen molar-refractivity contribution in [2.24, 2.45) is 0 Å². The fourth-order valence-electron chi connectivity index (χ4n) is 2.08. The van der Waals surface area contributed by atoms with E-state index in [0.717, 1.165) is 14.7 Å². The van der Waals surface area contributed by atoms with Crippen LogP contribution in [-0.2, 0) is 23.1 Å². The lowest BCUT2D eigenvalue weighted by atomic mass is 10.2. The molecule has 8 heteroatoms. The van der Waals surface area contributed by atoms with Crippen LogP contribution in [0.3, 0.4) is 0 Å². The van der Waals surface area contributed by atoms with Crippen LogP contribution in [0.4, 0.5) is 4.79 Å². The molecule has 130 valence electrons. The maximum Gasteiger partial charge on any atom is 0.315 e. The summed E-state index contributed by atoms with van der Waals surface area (Å²) in [6.45, 7) is 2.58. The fraction of sp³-hybridized carbons (Fsp3) is 0.312. The van der Waals surface area contributed by atoms with Gasteiger partial charge in [0.05, 0.1) is 11.4 Å². The number of sulfonamides is 1. The van der Waals surface area contributed by atoms with Gasteiger partial charge < -0.3 is 10.6 Å². The van der Waals surface area contributed by atoms with Gasteiger partial charge in [0.15, 0.2) is 0 Å². The Balaban J connectivity index is 2.00. The van der Waals surface area contributed by atoms with Crippen LogP contribution >= 0.6 is 11.3 Å². The number of hydrogen-bond donors (Lipinski definition) is 2. The molecule has 0 aliphatic rings. The number of benzene rings is 1. The van der Waals surface area contributed by atoms with E-state index in [1.165, 1.54) is 14.1 Å². The number of nitrogens with one attached hydrogen (secondary N) is 2. The third-order valence-corrected chi connectivity index (χ3v) is 6.49. The predicted molar refractivity (Wildman–Crippen MR) is 95.4 cm³/mol. The minimum absolute atomic E-state index is 0.137. The smallest absolute Gasteiger partial charge is 0.315 e. The van der Waals surface area contributed by atoms with Crippen LogP contribution in [0.5, 0.6) is 0 Å². The standard InChI is InChI=1S/C16H21N3O3S2/c1-12-8-9-23-14(12)11-18-16(20)17-10-13-6-4-5-7-15(13)24(21,22)19(2)3/h4-9H,10-11H2,1-3H3,(H2,17,18,20).